The van der Waals surface area contributed by atoms with Gasteiger partial charge in [0.2, 0.25) is 11.8 Å². The maximum Gasteiger partial charge on any atom is 0.264 e. The number of aryl methyl sites for hydroxylation is 2. The van der Waals surface area contributed by atoms with Crippen LogP contribution in [-0.2, 0) is 32.6 Å². The minimum Gasteiger partial charge on any atom is -0.354 e. The lowest BCUT2D eigenvalue weighted by Gasteiger charge is -2.34. The number of nitrogens with zero attached hydrogens (tertiary/aromatic N) is 2. The summed E-state index contributed by atoms with van der Waals surface area (Å²) in [5, 5.41) is 3.62. The van der Waals surface area contributed by atoms with Crippen molar-refractivity contribution in [2.45, 2.75) is 70.9 Å². The van der Waals surface area contributed by atoms with Crippen LogP contribution in [-0.4, -0.2) is 44.3 Å². The average molecular weight is 633 g/mol. The second-order valence-corrected chi connectivity index (χ2v) is 12.8. The van der Waals surface area contributed by atoms with Gasteiger partial charge in [-0.15, -0.1) is 0 Å². The van der Waals surface area contributed by atoms with E-state index in [0.29, 0.717) is 40.7 Å². The Bertz CT molecular complexity index is 1460. The van der Waals surface area contributed by atoms with Crippen LogP contribution >= 0.6 is 23.2 Å². The summed E-state index contributed by atoms with van der Waals surface area (Å²) in [5.74, 6) is -0.866. The van der Waals surface area contributed by atoms with Crippen molar-refractivity contribution in [3.63, 3.8) is 0 Å². The molecule has 226 valence electrons. The molecule has 0 aliphatic carbocycles. The molecule has 0 aliphatic rings. The van der Waals surface area contributed by atoms with Crippen LogP contribution in [0.4, 0.5) is 5.69 Å². The summed E-state index contributed by atoms with van der Waals surface area (Å²) >= 11 is 13.0. The highest BCUT2D eigenvalue weighted by molar-refractivity contribution is 7.92. The van der Waals surface area contributed by atoms with Gasteiger partial charge in [-0.3, -0.25) is 13.9 Å². The highest BCUT2D eigenvalue weighted by Crippen LogP contribution is 2.30. The standard InChI is InChI=1S/C32H39Cl2N3O4S/c1-5-8-20-35-32(39)29(7-3)36(21-26-27(33)13-11-14-28(26)34)31(38)22-37(30-15-10-9-12-24(30)6-2)42(40,41)25-18-16-23(4)17-19-25/h9-19,29H,5-8,20-22H2,1-4H3,(H,35,39)/t29-/m1/s1. The Morgan fingerprint density at radius 3 is 2.14 bits per heavy atom. The average Bonchev–Trinajstić information content (AvgIpc) is 2.97. The Labute approximate surface area is 259 Å². The van der Waals surface area contributed by atoms with Gasteiger partial charge in [-0.1, -0.05) is 92.4 Å². The van der Waals surface area contributed by atoms with Gasteiger partial charge in [0.15, 0.2) is 0 Å². The summed E-state index contributed by atoms with van der Waals surface area (Å²) < 4.78 is 29.4. The number of nitrogens with one attached hydrogen (secondary N) is 1. The van der Waals surface area contributed by atoms with E-state index < -0.39 is 28.5 Å². The fourth-order valence-electron chi connectivity index (χ4n) is 4.68. The molecule has 0 radical (unpaired) electrons. The third-order valence-electron chi connectivity index (χ3n) is 7.13. The molecule has 42 heavy (non-hydrogen) atoms. The van der Waals surface area contributed by atoms with Gasteiger partial charge >= 0.3 is 0 Å². The first-order chi connectivity index (χ1) is 20.0. The van der Waals surface area contributed by atoms with Crippen molar-refractivity contribution in [2.24, 2.45) is 0 Å². The number of rotatable bonds is 14. The molecule has 0 aliphatic heterocycles. The van der Waals surface area contributed by atoms with Gasteiger partial charge in [0.1, 0.15) is 12.6 Å². The van der Waals surface area contributed by atoms with Gasteiger partial charge in [-0.2, -0.15) is 0 Å². The number of unbranched alkanes of at least 4 members (excludes halogenated alkanes) is 1. The van der Waals surface area contributed by atoms with E-state index in [1.165, 1.54) is 17.0 Å². The van der Waals surface area contributed by atoms with E-state index in [9.17, 15) is 18.0 Å². The zero-order valence-electron chi connectivity index (χ0n) is 24.6. The Hall–Kier alpha value is -3.07. The molecule has 0 aromatic heterocycles. The van der Waals surface area contributed by atoms with Crippen LogP contribution in [0.3, 0.4) is 0 Å². The molecule has 0 unspecified atom stereocenters. The minimum atomic E-state index is -4.16. The molecule has 7 nitrogen and oxygen atoms in total. The first kappa shape index (κ1) is 33.4. The molecular formula is C32H39Cl2N3O4S. The lowest BCUT2D eigenvalue weighted by atomic mass is 10.1. The van der Waals surface area contributed by atoms with Crippen molar-refractivity contribution < 1.29 is 18.0 Å². The number of hydrogen-bond donors (Lipinski definition) is 1. The van der Waals surface area contributed by atoms with E-state index >= 15 is 0 Å². The van der Waals surface area contributed by atoms with E-state index in [1.54, 1.807) is 42.5 Å². The van der Waals surface area contributed by atoms with Gasteiger partial charge in [0, 0.05) is 28.7 Å². The van der Waals surface area contributed by atoms with Crippen LogP contribution in [0.15, 0.2) is 71.6 Å². The van der Waals surface area contributed by atoms with Gasteiger partial charge in [-0.25, -0.2) is 8.42 Å². The molecule has 3 aromatic rings. The van der Waals surface area contributed by atoms with Crippen LogP contribution < -0.4 is 9.62 Å². The minimum absolute atomic E-state index is 0.0646. The predicted octanol–water partition coefficient (Wildman–Crippen LogP) is 6.78. The molecule has 3 aromatic carbocycles. The number of para-hydroxylation sites is 1. The van der Waals surface area contributed by atoms with Crippen LogP contribution in [0.25, 0.3) is 0 Å². The van der Waals surface area contributed by atoms with Crippen molar-refractivity contribution in [1.82, 2.24) is 10.2 Å². The number of carbonyl (C=O) groups is 2. The zero-order valence-corrected chi connectivity index (χ0v) is 26.9. The number of amides is 2. The first-order valence-corrected chi connectivity index (χ1v) is 16.4. The van der Waals surface area contributed by atoms with Gasteiger partial charge in [0.05, 0.1) is 10.6 Å². The lowest BCUT2D eigenvalue weighted by molar-refractivity contribution is -0.140. The quantitative estimate of drug-likeness (QED) is 0.199. The molecule has 0 heterocycles. The van der Waals surface area contributed by atoms with Crippen molar-refractivity contribution in [3.05, 3.63) is 93.5 Å². The summed E-state index contributed by atoms with van der Waals surface area (Å²) in [6.07, 6.45) is 2.56. The van der Waals surface area contributed by atoms with Crippen molar-refractivity contribution in [2.75, 3.05) is 17.4 Å². The number of anilines is 1. The third kappa shape index (κ3) is 8.06. The fourth-order valence-corrected chi connectivity index (χ4v) is 6.65. The summed E-state index contributed by atoms with van der Waals surface area (Å²) in [6.45, 7) is 7.52. The summed E-state index contributed by atoms with van der Waals surface area (Å²) in [4.78, 5) is 29.1. The molecule has 0 saturated heterocycles. The maximum absolute atomic E-state index is 14.3. The highest BCUT2D eigenvalue weighted by Gasteiger charge is 2.34. The summed E-state index contributed by atoms with van der Waals surface area (Å²) in [5.41, 5.74) is 2.57. The fraction of sp³-hybridized carbons (Fsp3) is 0.375. The predicted molar refractivity (Wildman–Crippen MR) is 171 cm³/mol. The molecule has 1 atom stereocenters. The molecule has 0 bridgehead atoms. The van der Waals surface area contributed by atoms with Gasteiger partial charge < -0.3 is 10.2 Å². The Balaban J connectivity index is 2.11. The molecular weight excluding hydrogens is 593 g/mol. The topological polar surface area (TPSA) is 86.8 Å². The number of carbonyl (C=O) groups excluding carboxylic acids is 2. The highest BCUT2D eigenvalue weighted by atomic mass is 35.5. The Morgan fingerprint density at radius 1 is 0.905 bits per heavy atom. The van der Waals surface area contributed by atoms with Crippen LogP contribution in [0.2, 0.25) is 10.0 Å². The first-order valence-electron chi connectivity index (χ1n) is 14.2. The van der Waals surface area contributed by atoms with Crippen molar-refractivity contribution in [3.8, 4) is 0 Å². The van der Waals surface area contributed by atoms with E-state index in [4.69, 9.17) is 23.2 Å². The number of sulfonamides is 1. The SMILES string of the molecule is CCCCNC(=O)[C@@H](CC)N(Cc1c(Cl)cccc1Cl)C(=O)CN(c1ccccc1CC)S(=O)(=O)c1ccc(C)cc1. The van der Waals surface area contributed by atoms with Gasteiger partial charge in [0.25, 0.3) is 10.0 Å². The van der Waals surface area contributed by atoms with Crippen molar-refractivity contribution in [1.29, 1.82) is 0 Å². The largest absolute Gasteiger partial charge is 0.354 e. The molecule has 10 heteroatoms. The Morgan fingerprint density at radius 2 is 1.55 bits per heavy atom. The number of halogens is 2. The second kappa shape index (κ2) is 15.4. The molecule has 1 N–H and O–H groups in total. The lowest BCUT2D eigenvalue weighted by Crippen LogP contribution is -2.52. The second-order valence-electron chi connectivity index (χ2n) is 10.1. The molecule has 0 fully saturated rings. The van der Waals surface area contributed by atoms with E-state index in [-0.39, 0.29) is 17.3 Å². The zero-order chi connectivity index (χ0) is 30.9. The molecule has 3 rings (SSSR count). The number of hydrogen-bond acceptors (Lipinski definition) is 4. The summed E-state index contributed by atoms with van der Waals surface area (Å²) in [7, 11) is -4.16. The molecule has 0 saturated carbocycles. The van der Waals surface area contributed by atoms with E-state index in [2.05, 4.69) is 5.32 Å². The smallest absolute Gasteiger partial charge is 0.264 e. The number of benzene rings is 3. The Kier molecular flexibility index (Phi) is 12.3. The van der Waals surface area contributed by atoms with Crippen LogP contribution in [0, 0.1) is 6.92 Å². The van der Waals surface area contributed by atoms with E-state index in [1.807, 2.05) is 39.8 Å². The van der Waals surface area contributed by atoms with Crippen molar-refractivity contribution >= 4 is 50.7 Å². The third-order valence-corrected chi connectivity index (χ3v) is 9.62. The van der Waals surface area contributed by atoms with E-state index in [0.717, 1.165) is 28.3 Å². The van der Waals surface area contributed by atoms with Crippen LogP contribution in [0.5, 0.6) is 0 Å². The normalized spacial score (nSPS) is 12.0. The maximum atomic E-state index is 14.3. The molecule has 0 spiro atoms. The summed E-state index contributed by atoms with van der Waals surface area (Å²) in [6, 6.07) is 17.8. The van der Waals surface area contributed by atoms with Crippen LogP contribution in [0.1, 0.15) is 56.7 Å². The van der Waals surface area contributed by atoms with Gasteiger partial charge in [-0.05, 0) is 62.1 Å². The monoisotopic (exact) mass is 631 g/mol. The molecule has 2 amide bonds.